The lowest BCUT2D eigenvalue weighted by Gasteiger charge is -2.35. The first-order valence-electron chi connectivity index (χ1n) is 16.4. The number of hydrogen-bond acceptors (Lipinski definition) is 4. The highest BCUT2D eigenvalue weighted by Crippen LogP contribution is 2.37. The number of anilines is 2. The predicted molar refractivity (Wildman–Crippen MR) is 199 cm³/mol. The largest absolute Gasteiger partial charge is 0.372 e. The molecule has 0 bridgehead atoms. The molecule has 1 unspecified atom stereocenters. The number of nitrogens with one attached hydrogen (secondary N) is 1. The summed E-state index contributed by atoms with van der Waals surface area (Å²) in [7, 11) is 0. The van der Waals surface area contributed by atoms with Crippen LogP contribution in [0.2, 0.25) is 0 Å². The Morgan fingerprint density at radius 1 is 0.659 bits per heavy atom. The highest BCUT2D eigenvalue weighted by molar-refractivity contribution is 9.12. The van der Waals surface area contributed by atoms with Crippen molar-refractivity contribution >= 4 is 43.2 Å². The monoisotopic (exact) mass is 722 g/mol. The maximum atomic E-state index is 3.82. The normalized spacial score (nSPS) is 22.0. The van der Waals surface area contributed by atoms with Gasteiger partial charge in [0.25, 0.3) is 0 Å². The van der Waals surface area contributed by atoms with E-state index < -0.39 is 0 Å². The second-order valence-corrected chi connectivity index (χ2v) is 14.6. The molecule has 2 aromatic carbocycles. The Balaban J connectivity index is 0.000000165. The molecule has 0 radical (unpaired) electrons. The summed E-state index contributed by atoms with van der Waals surface area (Å²) in [5, 5.41) is 3.19. The van der Waals surface area contributed by atoms with Crippen molar-refractivity contribution < 1.29 is 0 Å². The van der Waals surface area contributed by atoms with Crippen molar-refractivity contribution in [3.05, 3.63) is 104 Å². The van der Waals surface area contributed by atoms with Crippen molar-refractivity contribution in [1.29, 1.82) is 0 Å². The molecule has 1 atom stereocenters. The first-order valence-corrected chi connectivity index (χ1v) is 18.0. The van der Waals surface area contributed by atoms with E-state index in [1.807, 2.05) is 6.20 Å². The number of hydrogen-bond donors (Lipinski definition) is 1. The van der Waals surface area contributed by atoms with Gasteiger partial charge in [0.2, 0.25) is 0 Å². The summed E-state index contributed by atoms with van der Waals surface area (Å²) >= 11 is 7.35. The van der Waals surface area contributed by atoms with Crippen molar-refractivity contribution in [2.75, 3.05) is 23.0 Å². The molecule has 0 amide bonds. The van der Waals surface area contributed by atoms with E-state index in [1.165, 1.54) is 112 Å². The van der Waals surface area contributed by atoms with E-state index in [0.29, 0.717) is 0 Å². The fraction of sp³-hybridized carbons (Fsp3) is 0.474. The van der Waals surface area contributed by atoms with Crippen molar-refractivity contribution in [2.24, 2.45) is 0 Å². The van der Waals surface area contributed by atoms with E-state index in [-0.39, 0.29) is 6.17 Å². The third-order valence-corrected chi connectivity index (χ3v) is 10.1. The third-order valence-electron chi connectivity index (χ3n) is 8.64. The number of fused-ring (bicyclic) bond motifs is 1. The zero-order valence-corrected chi connectivity index (χ0v) is 30.9. The van der Waals surface area contributed by atoms with Gasteiger partial charge in [-0.2, -0.15) is 0 Å². The average molecular weight is 725 g/mol. The van der Waals surface area contributed by atoms with Crippen LogP contribution >= 0.6 is 31.9 Å². The Labute approximate surface area is 284 Å². The van der Waals surface area contributed by atoms with Gasteiger partial charge in [0.05, 0.1) is 6.67 Å². The molecule has 1 N–H and O–H groups in total. The molecule has 3 aliphatic heterocycles. The van der Waals surface area contributed by atoms with Crippen LogP contribution in [0.5, 0.6) is 0 Å². The summed E-state index contributed by atoms with van der Waals surface area (Å²) in [6.07, 6.45) is 25.3. The SMILES string of the molecule is Br/C1=C/CCCCCC1.Cc1cc(C)c(N2C=CN3CCCC/C=C(/Br)C32)c(C)c1.Cc1cc(C)c(N2C=CNC2)c(C)c1. The molecule has 0 spiro atoms. The molecule has 1 aliphatic carbocycles. The first kappa shape index (κ1) is 34.4. The summed E-state index contributed by atoms with van der Waals surface area (Å²) in [6, 6.07) is 9.02. The Hall–Kier alpha value is -2.44. The van der Waals surface area contributed by atoms with Gasteiger partial charge < -0.3 is 20.0 Å². The van der Waals surface area contributed by atoms with Crippen molar-refractivity contribution in [3.8, 4) is 0 Å². The van der Waals surface area contributed by atoms with Gasteiger partial charge in [0.1, 0.15) is 6.17 Å². The standard InChI is InChI=1S/C18H23BrN2.C12H16N2.C8H13Br/c1-13-11-14(2)17(15(3)12-13)21-10-9-20-8-6-4-5-7-16(19)18(20)21;1-9-6-10(2)12(11(3)7-9)14-5-4-13-8-14;9-8-6-4-2-1-3-5-7-8/h7,9-12,18H,4-6,8H2,1-3H3;4-7,13H,8H2,1-3H3;6H,1-5,7H2/b16-7+;;8-6+. The number of nitrogens with zero attached hydrogens (tertiary/aromatic N) is 3. The molecule has 3 heterocycles. The number of rotatable bonds is 2. The highest BCUT2D eigenvalue weighted by atomic mass is 79.9. The van der Waals surface area contributed by atoms with Crippen LogP contribution in [0.3, 0.4) is 0 Å². The van der Waals surface area contributed by atoms with E-state index >= 15 is 0 Å². The number of aryl methyl sites for hydroxylation is 6. The third kappa shape index (κ3) is 9.29. The molecule has 0 saturated carbocycles. The van der Waals surface area contributed by atoms with Crippen LogP contribution in [0.4, 0.5) is 11.4 Å². The minimum absolute atomic E-state index is 0.283. The van der Waals surface area contributed by atoms with Crippen LogP contribution in [0.25, 0.3) is 0 Å². The zero-order chi connectivity index (χ0) is 31.6. The Bertz CT molecular complexity index is 1340. The fourth-order valence-corrected chi connectivity index (χ4v) is 8.03. The molecule has 0 aromatic heterocycles. The minimum atomic E-state index is 0.283. The summed E-state index contributed by atoms with van der Waals surface area (Å²) < 4.78 is 2.70. The average Bonchev–Trinajstić information content (AvgIpc) is 3.60. The van der Waals surface area contributed by atoms with Crippen molar-refractivity contribution in [2.45, 2.75) is 105 Å². The highest BCUT2D eigenvalue weighted by Gasteiger charge is 2.31. The van der Waals surface area contributed by atoms with Gasteiger partial charge in [-0.15, -0.1) is 0 Å². The Morgan fingerprint density at radius 3 is 1.89 bits per heavy atom. The van der Waals surface area contributed by atoms with E-state index in [0.717, 1.165) is 13.2 Å². The van der Waals surface area contributed by atoms with Crippen LogP contribution in [-0.4, -0.2) is 24.3 Å². The number of allylic oxidation sites excluding steroid dienone is 3. The minimum Gasteiger partial charge on any atom is -0.372 e. The van der Waals surface area contributed by atoms with Crippen molar-refractivity contribution in [1.82, 2.24) is 10.2 Å². The van der Waals surface area contributed by atoms with Gasteiger partial charge in [-0.1, -0.05) is 92.2 Å². The number of halogens is 2. The molecule has 6 heteroatoms. The van der Waals surface area contributed by atoms with Gasteiger partial charge >= 0.3 is 0 Å². The molecule has 238 valence electrons. The summed E-state index contributed by atoms with van der Waals surface area (Å²) in [4.78, 5) is 7.10. The van der Waals surface area contributed by atoms with Crippen molar-refractivity contribution in [3.63, 3.8) is 0 Å². The fourth-order valence-electron chi connectivity index (χ4n) is 6.81. The molecule has 4 aliphatic rings. The lowest BCUT2D eigenvalue weighted by Crippen LogP contribution is -2.40. The molecular formula is C38H52Br2N4. The van der Waals surface area contributed by atoms with Crippen LogP contribution in [0.1, 0.15) is 91.2 Å². The van der Waals surface area contributed by atoms with Gasteiger partial charge in [0.15, 0.2) is 0 Å². The maximum Gasteiger partial charge on any atom is 0.138 e. The van der Waals surface area contributed by atoms with Gasteiger partial charge in [0, 0.05) is 47.2 Å². The van der Waals surface area contributed by atoms with Gasteiger partial charge in [-0.3, -0.25) is 0 Å². The lowest BCUT2D eigenvalue weighted by molar-refractivity contribution is 0.328. The van der Waals surface area contributed by atoms with Crippen LogP contribution < -0.4 is 15.1 Å². The molecular weight excluding hydrogens is 672 g/mol. The summed E-state index contributed by atoms with van der Waals surface area (Å²) in [5.41, 5.74) is 10.7. The summed E-state index contributed by atoms with van der Waals surface area (Å²) in [6.45, 7) is 15.1. The van der Waals surface area contributed by atoms with Crippen LogP contribution in [-0.2, 0) is 0 Å². The zero-order valence-electron chi connectivity index (χ0n) is 27.7. The molecule has 6 rings (SSSR count). The lowest BCUT2D eigenvalue weighted by atomic mass is 10.0. The van der Waals surface area contributed by atoms with Crippen LogP contribution in [0, 0.1) is 41.5 Å². The molecule has 0 saturated heterocycles. The predicted octanol–water partition coefficient (Wildman–Crippen LogP) is 11.1. The van der Waals surface area contributed by atoms with Gasteiger partial charge in [-0.25, -0.2) is 0 Å². The molecule has 44 heavy (non-hydrogen) atoms. The van der Waals surface area contributed by atoms with E-state index in [4.69, 9.17) is 0 Å². The topological polar surface area (TPSA) is 21.8 Å². The second kappa shape index (κ2) is 16.7. The molecule has 4 nitrogen and oxygen atoms in total. The summed E-state index contributed by atoms with van der Waals surface area (Å²) in [5.74, 6) is 0. The smallest absolute Gasteiger partial charge is 0.138 e. The maximum absolute atomic E-state index is 3.82. The van der Waals surface area contributed by atoms with Gasteiger partial charge in [-0.05, 0) is 113 Å². The van der Waals surface area contributed by atoms with Crippen LogP contribution in [0.15, 0.2) is 70.2 Å². The Kier molecular flexibility index (Phi) is 13.1. The second-order valence-electron chi connectivity index (χ2n) is 12.6. The molecule has 0 fully saturated rings. The van der Waals surface area contributed by atoms with E-state index in [1.54, 1.807) is 0 Å². The quantitative estimate of drug-likeness (QED) is 0.333. The number of benzene rings is 2. The van der Waals surface area contributed by atoms with E-state index in [9.17, 15) is 0 Å². The molecule has 2 aromatic rings. The Morgan fingerprint density at radius 2 is 1.25 bits per heavy atom. The van der Waals surface area contributed by atoms with E-state index in [2.05, 4.69) is 148 Å². The first-order chi connectivity index (χ1) is 21.2.